The van der Waals surface area contributed by atoms with Gasteiger partial charge in [-0.1, -0.05) is 74.4 Å². The van der Waals surface area contributed by atoms with E-state index < -0.39 is 28.5 Å². The predicted molar refractivity (Wildman–Crippen MR) is 158 cm³/mol. The number of nitrogens with zero attached hydrogens (tertiary/aromatic N) is 2. The number of hydrogen-bond donors (Lipinski definition) is 1. The largest absolute Gasteiger partial charge is 0.497 e. The quantitative estimate of drug-likeness (QED) is 0.280. The SMILES string of the molecule is CCCCNC(=O)[C@H](CC)N(Cc1ccc(C)cc1)C(=O)CN(c1cccc(OC)c1)S(=O)(=O)c1ccccc1. The fourth-order valence-corrected chi connectivity index (χ4v) is 5.76. The first-order valence-corrected chi connectivity index (χ1v) is 15.0. The Morgan fingerprint density at radius 3 is 2.27 bits per heavy atom. The van der Waals surface area contributed by atoms with Crippen LogP contribution in [0.15, 0.2) is 83.8 Å². The van der Waals surface area contributed by atoms with Crippen molar-refractivity contribution in [3.05, 3.63) is 90.0 Å². The molecule has 214 valence electrons. The molecule has 0 saturated carbocycles. The van der Waals surface area contributed by atoms with Gasteiger partial charge in [0.15, 0.2) is 0 Å². The number of carbonyl (C=O) groups is 2. The first-order valence-electron chi connectivity index (χ1n) is 13.6. The molecule has 2 amide bonds. The number of amides is 2. The zero-order valence-electron chi connectivity index (χ0n) is 23.7. The molecule has 0 radical (unpaired) electrons. The Hall–Kier alpha value is -3.85. The minimum atomic E-state index is -4.13. The van der Waals surface area contributed by atoms with Crippen LogP contribution in [0.2, 0.25) is 0 Å². The normalized spacial score (nSPS) is 11.9. The van der Waals surface area contributed by atoms with Crippen LogP contribution in [0.4, 0.5) is 5.69 Å². The lowest BCUT2D eigenvalue weighted by Crippen LogP contribution is -2.52. The third-order valence-corrected chi connectivity index (χ3v) is 8.43. The Balaban J connectivity index is 2.03. The second kappa shape index (κ2) is 14.5. The van der Waals surface area contributed by atoms with E-state index in [0.29, 0.717) is 18.7 Å². The molecule has 0 spiro atoms. The molecule has 3 aromatic carbocycles. The molecule has 1 N–H and O–H groups in total. The molecule has 0 aliphatic carbocycles. The highest BCUT2D eigenvalue weighted by Crippen LogP contribution is 2.27. The van der Waals surface area contributed by atoms with Gasteiger partial charge in [0.1, 0.15) is 18.3 Å². The van der Waals surface area contributed by atoms with Crippen molar-refractivity contribution in [1.82, 2.24) is 10.2 Å². The van der Waals surface area contributed by atoms with E-state index in [-0.39, 0.29) is 23.0 Å². The second-order valence-corrected chi connectivity index (χ2v) is 11.5. The topological polar surface area (TPSA) is 96.0 Å². The molecule has 8 nitrogen and oxygen atoms in total. The monoisotopic (exact) mass is 565 g/mol. The lowest BCUT2D eigenvalue weighted by Gasteiger charge is -2.33. The average Bonchev–Trinajstić information content (AvgIpc) is 2.97. The Kier molecular flexibility index (Phi) is 11.1. The minimum absolute atomic E-state index is 0.0556. The van der Waals surface area contributed by atoms with Gasteiger partial charge in [-0.05, 0) is 49.6 Å². The van der Waals surface area contributed by atoms with Gasteiger partial charge in [0.2, 0.25) is 11.8 Å². The summed E-state index contributed by atoms with van der Waals surface area (Å²) in [6.07, 6.45) is 2.13. The van der Waals surface area contributed by atoms with Gasteiger partial charge in [-0.25, -0.2) is 8.42 Å². The van der Waals surface area contributed by atoms with E-state index in [1.165, 1.54) is 24.1 Å². The molecule has 0 heterocycles. The van der Waals surface area contributed by atoms with Crippen LogP contribution in [0.1, 0.15) is 44.2 Å². The number of rotatable bonds is 14. The van der Waals surface area contributed by atoms with Gasteiger partial charge in [0, 0.05) is 19.2 Å². The highest BCUT2D eigenvalue weighted by Gasteiger charge is 2.33. The number of aryl methyl sites for hydroxylation is 1. The molecule has 0 aromatic heterocycles. The Labute approximate surface area is 238 Å². The van der Waals surface area contributed by atoms with Crippen LogP contribution in [0, 0.1) is 6.92 Å². The van der Waals surface area contributed by atoms with Crippen LogP contribution in [-0.2, 0) is 26.2 Å². The molecule has 3 rings (SSSR count). The van der Waals surface area contributed by atoms with Crippen molar-refractivity contribution in [3.8, 4) is 5.75 Å². The van der Waals surface area contributed by atoms with Gasteiger partial charge >= 0.3 is 0 Å². The van der Waals surface area contributed by atoms with Crippen molar-refractivity contribution < 1.29 is 22.7 Å². The second-order valence-electron chi connectivity index (χ2n) is 9.60. The summed E-state index contributed by atoms with van der Waals surface area (Å²) in [7, 11) is -2.63. The zero-order valence-corrected chi connectivity index (χ0v) is 24.5. The summed E-state index contributed by atoms with van der Waals surface area (Å²) in [4.78, 5) is 28.9. The maximum absolute atomic E-state index is 14.1. The predicted octanol–water partition coefficient (Wildman–Crippen LogP) is 4.92. The summed E-state index contributed by atoms with van der Waals surface area (Å²) < 4.78 is 34.1. The number of sulfonamides is 1. The van der Waals surface area contributed by atoms with Crippen molar-refractivity contribution in [1.29, 1.82) is 0 Å². The van der Waals surface area contributed by atoms with E-state index in [1.807, 2.05) is 45.0 Å². The summed E-state index contributed by atoms with van der Waals surface area (Å²) in [6.45, 7) is 6.04. The molecule has 0 bridgehead atoms. The molecule has 1 atom stereocenters. The minimum Gasteiger partial charge on any atom is -0.497 e. The van der Waals surface area contributed by atoms with Crippen LogP contribution < -0.4 is 14.4 Å². The van der Waals surface area contributed by atoms with Gasteiger partial charge in [0.05, 0.1) is 17.7 Å². The molecule has 0 aliphatic heterocycles. The fourth-order valence-electron chi connectivity index (χ4n) is 4.33. The zero-order chi connectivity index (χ0) is 29.1. The molecule has 0 fully saturated rings. The maximum atomic E-state index is 14.1. The van der Waals surface area contributed by atoms with Crippen molar-refractivity contribution in [3.63, 3.8) is 0 Å². The summed E-state index contributed by atoms with van der Waals surface area (Å²) >= 11 is 0. The lowest BCUT2D eigenvalue weighted by atomic mass is 10.1. The molecule has 0 unspecified atom stereocenters. The van der Waals surface area contributed by atoms with E-state index >= 15 is 0 Å². The number of carbonyl (C=O) groups excluding carboxylic acids is 2. The van der Waals surface area contributed by atoms with Gasteiger partial charge in [0.25, 0.3) is 10.0 Å². The molecule has 0 aliphatic rings. The van der Waals surface area contributed by atoms with E-state index in [4.69, 9.17) is 4.74 Å². The first-order chi connectivity index (χ1) is 19.2. The van der Waals surface area contributed by atoms with Gasteiger partial charge in [-0.3, -0.25) is 13.9 Å². The average molecular weight is 566 g/mol. The van der Waals surface area contributed by atoms with E-state index in [0.717, 1.165) is 28.3 Å². The van der Waals surface area contributed by atoms with Crippen LogP contribution in [0.25, 0.3) is 0 Å². The summed E-state index contributed by atoms with van der Waals surface area (Å²) in [6, 6.07) is 21.5. The van der Waals surface area contributed by atoms with Crippen molar-refractivity contribution in [2.75, 3.05) is 24.5 Å². The Bertz CT molecular complexity index is 1360. The third kappa shape index (κ3) is 7.85. The number of hydrogen-bond acceptors (Lipinski definition) is 5. The van der Waals surface area contributed by atoms with E-state index in [9.17, 15) is 18.0 Å². The standard InChI is InChI=1S/C31H39N3O5S/c1-5-7-20-32-31(36)29(6-2)33(22-25-18-16-24(3)17-19-25)30(35)23-34(26-12-11-13-27(21-26)39-4)40(37,38)28-14-9-8-10-15-28/h8-19,21,29H,5-7,20,22-23H2,1-4H3,(H,32,36)/t29-/m0/s1. The van der Waals surface area contributed by atoms with Gasteiger partial charge in [-0.15, -0.1) is 0 Å². The summed E-state index contributed by atoms with van der Waals surface area (Å²) in [5, 5.41) is 2.94. The summed E-state index contributed by atoms with van der Waals surface area (Å²) in [5.41, 5.74) is 2.20. The molecule has 0 saturated heterocycles. The number of methoxy groups -OCH3 is 1. The number of anilines is 1. The van der Waals surface area contributed by atoms with Crippen LogP contribution >= 0.6 is 0 Å². The van der Waals surface area contributed by atoms with E-state index in [1.54, 1.807) is 42.5 Å². The van der Waals surface area contributed by atoms with Crippen molar-refractivity contribution in [2.24, 2.45) is 0 Å². The highest BCUT2D eigenvalue weighted by molar-refractivity contribution is 7.92. The van der Waals surface area contributed by atoms with Crippen molar-refractivity contribution >= 4 is 27.5 Å². The summed E-state index contributed by atoms with van der Waals surface area (Å²) in [5.74, 6) is -0.285. The Morgan fingerprint density at radius 1 is 0.950 bits per heavy atom. The number of ether oxygens (including phenoxy) is 1. The smallest absolute Gasteiger partial charge is 0.264 e. The maximum Gasteiger partial charge on any atom is 0.264 e. The fraction of sp³-hybridized carbons (Fsp3) is 0.355. The molecule has 9 heteroatoms. The number of nitrogens with one attached hydrogen (secondary N) is 1. The molecule has 3 aromatic rings. The number of benzene rings is 3. The van der Waals surface area contributed by atoms with Gasteiger partial charge in [-0.2, -0.15) is 0 Å². The molecular formula is C31H39N3O5S. The third-order valence-electron chi connectivity index (χ3n) is 6.64. The highest BCUT2D eigenvalue weighted by atomic mass is 32.2. The van der Waals surface area contributed by atoms with Crippen molar-refractivity contribution in [2.45, 2.75) is 57.5 Å². The van der Waals surface area contributed by atoms with Gasteiger partial charge < -0.3 is 15.0 Å². The van der Waals surface area contributed by atoms with Crippen LogP contribution in [0.5, 0.6) is 5.75 Å². The first kappa shape index (κ1) is 30.7. The number of unbranched alkanes of at least 4 members (excludes halogenated alkanes) is 1. The molecule has 40 heavy (non-hydrogen) atoms. The van der Waals surface area contributed by atoms with E-state index in [2.05, 4.69) is 5.32 Å². The van der Waals surface area contributed by atoms with Crippen LogP contribution in [-0.4, -0.2) is 51.4 Å². The van der Waals surface area contributed by atoms with Crippen LogP contribution in [0.3, 0.4) is 0 Å². The lowest BCUT2D eigenvalue weighted by molar-refractivity contribution is -0.140. The Morgan fingerprint density at radius 2 is 1.65 bits per heavy atom. The molecular weight excluding hydrogens is 526 g/mol.